The molecule has 2 heterocycles. The number of aromatic amines is 1. The van der Waals surface area contributed by atoms with Gasteiger partial charge in [0.05, 0.1) is 5.39 Å². The molecule has 1 aliphatic carbocycles. The topological polar surface area (TPSA) is 87.7 Å². The predicted octanol–water partition coefficient (Wildman–Crippen LogP) is 3.13. The summed E-state index contributed by atoms with van der Waals surface area (Å²) in [6, 6.07) is 10.1. The van der Waals surface area contributed by atoms with Crippen molar-refractivity contribution >= 4 is 22.8 Å². The predicted molar refractivity (Wildman–Crippen MR) is 105 cm³/mol. The SMILES string of the molecule is CC1(C)CC(=O)c2cnc3nc(NCCc4ccccc4)[nH]c(=O)c3c2C1. The van der Waals surface area contributed by atoms with Gasteiger partial charge in [-0.25, -0.2) is 4.98 Å². The van der Waals surface area contributed by atoms with Gasteiger partial charge in [0.2, 0.25) is 5.95 Å². The van der Waals surface area contributed by atoms with Crippen LogP contribution < -0.4 is 10.9 Å². The molecule has 4 rings (SSSR count). The van der Waals surface area contributed by atoms with E-state index in [1.807, 2.05) is 32.0 Å². The van der Waals surface area contributed by atoms with E-state index in [-0.39, 0.29) is 16.8 Å². The van der Waals surface area contributed by atoms with Crippen LogP contribution in [0.2, 0.25) is 0 Å². The lowest BCUT2D eigenvalue weighted by Crippen LogP contribution is -2.29. The minimum absolute atomic E-state index is 0.0418. The number of hydrogen-bond acceptors (Lipinski definition) is 5. The van der Waals surface area contributed by atoms with Gasteiger partial charge in [-0.1, -0.05) is 44.2 Å². The maximum Gasteiger partial charge on any atom is 0.262 e. The summed E-state index contributed by atoms with van der Waals surface area (Å²) in [5.74, 6) is 0.442. The molecule has 138 valence electrons. The number of benzene rings is 1. The van der Waals surface area contributed by atoms with Crippen molar-refractivity contribution in [3.63, 3.8) is 0 Å². The number of carbonyl (C=O) groups excluding carboxylic acids is 1. The molecule has 0 spiro atoms. The van der Waals surface area contributed by atoms with Crippen LogP contribution in [-0.2, 0) is 12.8 Å². The number of hydrogen-bond donors (Lipinski definition) is 2. The van der Waals surface area contributed by atoms with Gasteiger partial charge in [0.1, 0.15) is 0 Å². The molecular weight excluding hydrogens is 340 g/mol. The highest BCUT2D eigenvalue weighted by Crippen LogP contribution is 2.36. The Balaban J connectivity index is 1.64. The van der Waals surface area contributed by atoms with Crippen molar-refractivity contribution in [1.82, 2.24) is 15.0 Å². The number of carbonyl (C=O) groups is 1. The lowest BCUT2D eigenvalue weighted by Gasteiger charge is -2.30. The molecule has 0 fully saturated rings. The second-order valence-corrected chi connectivity index (χ2v) is 7.87. The van der Waals surface area contributed by atoms with Crippen molar-refractivity contribution in [3.8, 4) is 0 Å². The molecule has 0 amide bonds. The molecule has 0 aliphatic heterocycles. The van der Waals surface area contributed by atoms with Crippen LogP contribution in [0.15, 0.2) is 41.3 Å². The van der Waals surface area contributed by atoms with E-state index in [9.17, 15) is 9.59 Å². The molecule has 0 radical (unpaired) electrons. The fourth-order valence-corrected chi connectivity index (χ4v) is 3.71. The second kappa shape index (κ2) is 6.61. The van der Waals surface area contributed by atoms with E-state index in [0.717, 1.165) is 12.0 Å². The van der Waals surface area contributed by atoms with Crippen molar-refractivity contribution in [3.05, 3.63) is 63.6 Å². The van der Waals surface area contributed by atoms with Gasteiger partial charge in [-0.15, -0.1) is 0 Å². The van der Waals surface area contributed by atoms with Gasteiger partial charge in [0.25, 0.3) is 5.56 Å². The minimum atomic E-state index is -0.253. The Morgan fingerprint density at radius 2 is 1.93 bits per heavy atom. The van der Waals surface area contributed by atoms with Crippen molar-refractivity contribution in [2.45, 2.75) is 33.1 Å². The number of pyridine rings is 1. The van der Waals surface area contributed by atoms with E-state index < -0.39 is 0 Å². The van der Waals surface area contributed by atoms with Crippen LogP contribution >= 0.6 is 0 Å². The first-order valence-electron chi connectivity index (χ1n) is 9.16. The molecule has 27 heavy (non-hydrogen) atoms. The van der Waals surface area contributed by atoms with E-state index in [2.05, 4.69) is 32.4 Å². The summed E-state index contributed by atoms with van der Waals surface area (Å²) in [5, 5.41) is 3.59. The third kappa shape index (κ3) is 3.47. The summed E-state index contributed by atoms with van der Waals surface area (Å²) in [6.45, 7) is 4.73. The number of Topliss-reactive ketones (excluding diaryl/α,β-unsaturated/α-hetero) is 1. The number of nitrogens with one attached hydrogen (secondary N) is 2. The Hall–Kier alpha value is -3.02. The highest BCUT2D eigenvalue weighted by Gasteiger charge is 2.33. The van der Waals surface area contributed by atoms with E-state index in [4.69, 9.17) is 0 Å². The van der Waals surface area contributed by atoms with Crippen LogP contribution in [0.5, 0.6) is 0 Å². The molecule has 0 atom stereocenters. The molecule has 0 unspecified atom stereocenters. The average Bonchev–Trinajstić information content (AvgIpc) is 2.61. The minimum Gasteiger partial charge on any atom is -0.355 e. The van der Waals surface area contributed by atoms with E-state index in [1.165, 1.54) is 5.56 Å². The lowest BCUT2D eigenvalue weighted by molar-refractivity contribution is 0.0912. The molecule has 0 bridgehead atoms. The van der Waals surface area contributed by atoms with Gasteiger partial charge in [0, 0.05) is 24.7 Å². The first-order valence-corrected chi connectivity index (χ1v) is 9.16. The van der Waals surface area contributed by atoms with Gasteiger partial charge in [-0.3, -0.25) is 14.6 Å². The van der Waals surface area contributed by atoms with Crippen molar-refractivity contribution in [1.29, 1.82) is 0 Å². The van der Waals surface area contributed by atoms with Gasteiger partial charge in [-0.05, 0) is 29.4 Å². The highest BCUT2D eigenvalue weighted by molar-refractivity contribution is 6.02. The Labute approximate surface area is 157 Å². The molecule has 2 aromatic heterocycles. The van der Waals surface area contributed by atoms with Crippen LogP contribution in [0.25, 0.3) is 11.0 Å². The molecule has 2 N–H and O–H groups in total. The maximum atomic E-state index is 12.7. The van der Waals surface area contributed by atoms with Gasteiger partial charge >= 0.3 is 0 Å². The molecule has 6 heteroatoms. The number of anilines is 1. The van der Waals surface area contributed by atoms with Crippen LogP contribution in [-0.4, -0.2) is 27.3 Å². The van der Waals surface area contributed by atoms with Gasteiger partial charge in [0.15, 0.2) is 11.4 Å². The molecule has 1 aromatic carbocycles. The Morgan fingerprint density at radius 1 is 1.15 bits per heavy atom. The highest BCUT2D eigenvalue weighted by atomic mass is 16.1. The fourth-order valence-electron chi connectivity index (χ4n) is 3.71. The van der Waals surface area contributed by atoms with Crippen LogP contribution in [0.1, 0.15) is 41.8 Å². The molecule has 1 aliphatic rings. The monoisotopic (exact) mass is 362 g/mol. The van der Waals surface area contributed by atoms with E-state index in [1.54, 1.807) is 6.20 Å². The maximum absolute atomic E-state index is 12.7. The Morgan fingerprint density at radius 3 is 2.70 bits per heavy atom. The molecule has 6 nitrogen and oxygen atoms in total. The average molecular weight is 362 g/mol. The van der Waals surface area contributed by atoms with Gasteiger partial charge < -0.3 is 5.32 Å². The van der Waals surface area contributed by atoms with Gasteiger partial charge in [-0.2, -0.15) is 4.98 Å². The second-order valence-electron chi connectivity index (χ2n) is 7.87. The number of rotatable bonds is 4. The first kappa shape index (κ1) is 17.4. The van der Waals surface area contributed by atoms with Crippen molar-refractivity contribution in [2.75, 3.05) is 11.9 Å². The smallest absolute Gasteiger partial charge is 0.262 e. The largest absolute Gasteiger partial charge is 0.355 e. The third-order valence-corrected chi connectivity index (χ3v) is 4.99. The van der Waals surface area contributed by atoms with Crippen molar-refractivity contribution in [2.24, 2.45) is 5.41 Å². The van der Waals surface area contributed by atoms with Crippen LogP contribution in [0.3, 0.4) is 0 Å². The first-order chi connectivity index (χ1) is 12.9. The molecule has 3 aromatic rings. The number of H-pyrrole nitrogens is 1. The standard InChI is InChI=1S/C21H22N4O2/c1-21(2)10-14-15(16(26)11-21)12-23-18-17(14)19(27)25-20(24-18)22-9-8-13-6-4-3-5-7-13/h3-7,12H,8-11H2,1-2H3,(H2,22,23,24,25,27). The third-order valence-electron chi connectivity index (χ3n) is 4.99. The quantitative estimate of drug-likeness (QED) is 0.744. The zero-order valence-electron chi connectivity index (χ0n) is 15.5. The number of aromatic nitrogens is 3. The number of ketones is 1. The Bertz CT molecular complexity index is 1070. The zero-order chi connectivity index (χ0) is 19.0. The van der Waals surface area contributed by atoms with Crippen LogP contribution in [0, 0.1) is 5.41 Å². The summed E-state index contributed by atoms with van der Waals surface area (Å²) in [4.78, 5) is 36.7. The number of nitrogens with zero attached hydrogens (tertiary/aromatic N) is 2. The number of fused-ring (bicyclic) bond motifs is 3. The molecule has 0 saturated heterocycles. The van der Waals surface area contributed by atoms with E-state index >= 15 is 0 Å². The van der Waals surface area contributed by atoms with Crippen molar-refractivity contribution < 1.29 is 4.79 Å². The normalized spacial score (nSPS) is 15.6. The summed E-state index contributed by atoms with van der Waals surface area (Å²) < 4.78 is 0. The summed E-state index contributed by atoms with van der Waals surface area (Å²) in [7, 11) is 0. The van der Waals surface area contributed by atoms with Crippen LogP contribution in [0.4, 0.5) is 5.95 Å². The summed E-state index contributed by atoms with van der Waals surface area (Å²) in [5.41, 5.74) is 2.49. The summed E-state index contributed by atoms with van der Waals surface area (Å²) >= 11 is 0. The van der Waals surface area contributed by atoms with E-state index in [0.29, 0.717) is 41.9 Å². The molecule has 0 saturated carbocycles. The molecular formula is C21H22N4O2. The fraction of sp³-hybridized carbons (Fsp3) is 0.333. The zero-order valence-corrected chi connectivity index (χ0v) is 15.5. The lowest BCUT2D eigenvalue weighted by atomic mass is 9.73. The Kier molecular flexibility index (Phi) is 4.26. The summed E-state index contributed by atoms with van der Waals surface area (Å²) in [6.07, 6.45) is 3.52.